The molecular weight excluding hydrogens is 609 g/mol. The molecule has 2 heterocycles. The van der Waals surface area contributed by atoms with Crippen LogP contribution >= 0.6 is 0 Å². The van der Waals surface area contributed by atoms with E-state index in [0.29, 0.717) is 0 Å². The maximum atomic E-state index is 6.35. The van der Waals surface area contributed by atoms with Gasteiger partial charge in [0, 0.05) is 33.4 Å². The fourth-order valence-corrected chi connectivity index (χ4v) is 9.06. The molecule has 6 aromatic carbocycles. The van der Waals surface area contributed by atoms with E-state index in [9.17, 15) is 0 Å². The predicted octanol–water partition coefficient (Wildman–Crippen LogP) is 12.8. The highest BCUT2D eigenvalue weighted by molar-refractivity contribution is 6.12. The molecule has 0 bridgehead atoms. The average Bonchev–Trinajstić information content (AvgIpc) is 3.71. The van der Waals surface area contributed by atoms with Crippen molar-refractivity contribution in [3.8, 4) is 0 Å². The third kappa shape index (κ3) is 3.63. The van der Waals surface area contributed by atoms with Gasteiger partial charge in [-0.3, -0.25) is 0 Å². The fourth-order valence-electron chi connectivity index (χ4n) is 9.06. The van der Waals surface area contributed by atoms with Gasteiger partial charge in [-0.1, -0.05) is 109 Å². The van der Waals surface area contributed by atoms with Crippen molar-refractivity contribution in [1.29, 1.82) is 0 Å². The molecule has 2 aromatic heterocycles. The van der Waals surface area contributed by atoms with Crippen molar-refractivity contribution in [3.05, 3.63) is 191 Å². The van der Waals surface area contributed by atoms with E-state index < -0.39 is 0 Å². The monoisotopic (exact) mass is 636 g/mol. The standard InChI is InChI=1S/C48H28O2/c1-3-7-31-25-45-41(21-29(31)5-1)39-23-33(13-19-43(39)49-45)35-15-9-27-12-18-38-36(16-10-28-11-17-37(35)47(27)48(28)38)34-14-20-44-40(24-34)42-22-30-6-2-4-8-32(30)26-46(42)50-44/h1-26,47-48H. The minimum absolute atomic E-state index is 0.264. The van der Waals surface area contributed by atoms with Crippen molar-refractivity contribution in [2.45, 2.75) is 0 Å². The molecule has 0 amide bonds. The summed E-state index contributed by atoms with van der Waals surface area (Å²) in [4.78, 5) is 0. The zero-order valence-electron chi connectivity index (χ0n) is 27.0. The molecule has 4 aliphatic carbocycles. The van der Waals surface area contributed by atoms with Crippen LogP contribution in [0.3, 0.4) is 0 Å². The Bertz CT molecular complexity index is 3090. The van der Waals surface area contributed by atoms with Crippen LogP contribution in [-0.4, -0.2) is 0 Å². The summed E-state index contributed by atoms with van der Waals surface area (Å²) in [6.07, 6.45) is 18.7. The summed E-state index contributed by atoms with van der Waals surface area (Å²) in [6, 6.07) is 39.3. The van der Waals surface area contributed by atoms with Gasteiger partial charge < -0.3 is 8.83 Å². The van der Waals surface area contributed by atoms with Crippen LogP contribution in [0, 0.1) is 11.8 Å². The van der Waals surface area contributed by atoms with Gasteiger partial charge >= 0.3 is 0 Å². The van der Waals surface area contributed by atoms with Crippen molar-refractivity contribution in [2.75, 3.05) is 0 Å². The van der Waals surface area contributed by atoms with Gasteiger partial charge in [-0.2, -0.15) is 0 Å². The summed E-state index contributed by atoms with van der Waals surface area (Å²) in [5, 5.41) is 9.50. The Labute approximate surface area is 287 Å². The fraction of sp³-hybridized carbons (Fsp3) is 0.0417. The molecule has 0 radical (unpaired) electrons. The van der Waals surface area contributed by atoms with Gasteiger partial charge in [0.25, 0.3) is 0 Å². The first-order valence-corrected chi connectivity index (χ1v) is 17.4. The number of furan rings is 2. The van der Waals surface area contributed by atoms with Crippen LogP contribution in [0.15, 0.2) is 189 Å². The minimum atomic E-state index is 0.264. The zero-order chi connectivity index (χ0) is 32.5. The van der Waals surface area contributed by atoms with E-state index in [1.54, 1.807) is 0 Å². The lowest BCUT2D eigenvalue weighted by molar-refractivity contribution is 0.569. The molecule has 0 saturated carbocycles. The lowest BCUT2D eigenvalue weighted by Gasteiger charge is -2.42. The Morgan fingerprint density at radius 1 is 0.400 bits per heavy atom. The van der Waals surface area contributed by atoms with Crippen LogP contribution in [0.5, 0.6) is 0 Å². The highest BCUT2D eigenvalue weighted by atomic mass is 16.3. The second-order valence-corrected chi connectivity index (χ2v) is 14.0. The molecule has 232 valence electrons. The van der Waals surface area contributed by atoms with Crippen molar-refractivity contribution in [3.63, 3.8) is 0 Å². The second-order valence-electron chi connectivity index (χ2n) is 14.0. The van der Waals surface area contributed by atoms with Gasteiger partial charge in [0.15, 0.2) is 0 Å². The molecule has 0 fully saturated rings. The number of rotatable bonds is 2. The third-order valence-electron chi connectivity index (χ3n) is 11.4. The first-order chi connectivity index (χ1) is 24.7. The highest BCUT2D eigenvalue weighted by Gasteiger charge is 2.40. The molecule has 2 heteroatoms. The van der Waals surface area contributed by atoms with Crippen molar-refractivity contribution >= 4 is 76.6 Å². The molecule has 0 aliphatic heterocycles. The Kier molecular flexibility index (Phi) is 5.11. The highest BCUT2D eigenvalue weighted by Crippen LogP contribution is 2.54. The third-order valence-corrected chi connectivity index (χ3v) is 11.4. The van der Waals surface area contributed by atoms with E-state index in [1.165, 1.54) is 66.1 Å². The normalized spacial score (nSPS) is 19.4. The lowest BCUT2D eigenvalue weighted by Crippen LogP contribution is -2.30. The van der Waals surface area contributed by atoms with Crippen molar-refractivity contribution in [2.24, 2.45) is 11.8 Å². The summed E-state index contributed by atoms with van der Waals surface area (Å²) >= 11 is 0. The molecule has 2 atom stereocenters. The maximum Gasteiger partial charge on any atom is 0.136 e. The molecule has 8 aromatic rings. The smallest absolute Gasteiger partial charge is 0.136 e. The number of allylic oxidation sites excluding steroid dienone is 14. The van der Waals surface area contributed by atoms with Gasteiger partial charge in [0.05, 0.1) is 0 Å². The Morgan fingerprint density at radius 2 is 0.940 bits per heavy atom. The average molecular weight is 637 g/mol. The topological polar surface area (TPSA) is 26.3 Å². The summed E-state index contributed by atoms with van der Waals surface area (Å²) in [6.45, 7) is 0. The van der Waals surface area contributed by atoms with Gasteiger partial charge in [0.1, 0.15) is 22.3 Å². The van der Waals surface area contributed by atoms with Crippen LogP contribution in [-0.2, 0) is 0 Å². The van der Waals surface area contributed by atoms with Gasteiger partial charge in [-0.15, -0.1) is 0 Å². The minimum Gasteiger partial charge on any atom is -0.456 e. The van der Waals surface area contributed by atoms with Crippen molar-refractivity contribution < 1.29 is 8.83 Å². The van der Waals surface area contributed by atoms with Gasteiger partial charge in [-0.05, 0) is 115 Å². The van der Waals surface area contributed by atoms with E-state index in [1.807, 2.05) is 0 Å². The Balaban J connectivity index is 0.974. The Morgan fingerprint density at radius 3 is 1.62 bits per heavy atom. The maximum absolute atomic E-state index is 6.35. The SMILES string of the molecule is C1=CC2=C(c3ccc4oc5cc6ccccc6cc5c4c3)C=CC3=CC=C4C(c5ccc6oc7cc8ccccc8cc7c6c5)=CC=C1C4C32. The largest absolute Gasteiger partial charge is 0.456 e. The number of fused-ring (bicyclic) bond motifs is 8. The predicted molar refractivity (Wildman–Crippen MR) is 207 cm³/mol. The van der Waals surface area contributed by atoms with E-state index >= 15 is 0 Å². The summed E-state index contributed by atoms with van der Waals surface area (Å²) in [5.74, 6) is 0.529. The summed E-state index contributed by atoms with van der Waals surface area (Å²) < 4.78 is 12.7. The molecule has 0 saturated heterocycles. The van der Waals surface area contributed by atoms with Crippen LogP contribution in [0.25, 0.3) is 76.6 Å². The first-order valence-electron chi connectivity index (χ1n) is 17.4. The van der Waals surface area contributed by atoms with E-state index in [2.05, 4.69) is 158 Å². The second kappa shape index (κ2) is 9.62. The Hall–Kier alpha value is -6.38. The molecule has 12 rings (SSSR count). The molecule has 2 nitrogen and oxygen atoms in total. The lowest BCUT2D eigenvalue weighted by atomic mass is 9.61. The number of hydrogen-bond donors (Lipinski definition) is 0. The van der Waals surface area contributed by atoms with Crippen LogP contribution in [0.1, 0.15) is 11.1 Å². The van der Waals surface area contributed by atoms with Crippen LogP contribution in [0.4, 0.5) is 0 Å². The van der Waals surface area contributed by atoms with Crippen LogP contribution < -0.4 is 0 Å². The van der Waals surface area contributed by atoms with Crippen LogP contribution in [0.2, 0.25) is 0 Å². The quantitative estimate of drug-likeness (QED) is 0.189. The first kappa shape index (κ1) is 26.6. The molecular formula is C48H28O2. The van der Waals surface area contributed by atoms with Gasteiger partial charge in [0.2, 0.25) is 0 Å². The van der Waals surface area contributed by atoms with Gasteiger partial charge in [-0.25, -0.2) is 0 Å². The molecule has 2 unspecified atom stereocenters. The van der Waals surface area contributed by atoms with E-state index in [-0.39, 0.29) is 11.8 Å². The van der Waals surface area contributed by atoms with E-state index in [0.717, 1.165) is 43.9 Å². The number of hydrogen-bond acceptors (Lipinski definition) is 2. The molecule has 0 N–H and O–H groups in total. The summed E-state index contributed by atoms with van der Waals surface area (Å²) in [5.41, 5.74) is 14.3. The molecule has 50 heavy (non-hydrogen) atoms. The molecule has 0 spiro atoms. The summed E-state index contributed by atoms with van der Waals surface area (Å²) in [7, 11) is 0. The molecule has 4 aliphatic rings. The van der Waals surface area contributed by atoms with Crippen molar-refractivity contribution in [1.82, 2.24) is 0 Å². The van der Waals surface area contributed by atoms with E-state index in [4.69, 9.17) is 8.83 Å². The number of benzene rings is 6. The zero-order valence-corrected chi connectivity index (χ0v) is 27.0.